The molecule has 0 heterocycles. The lowest BCUT2D eigenvalue weighted by Gasteiger charge is -2.15. The lowest BCUT2D eigenvalue weighted by atomic mass is 10.1. The van der Waals surface area contributed by atoms with E-state index in [2.05, 4.69) is 19.2 Å². The Morgan fingerprint density at radius 3 is 2.38 bits per heavy atom. The minimum Gasteiger partial charge on any atom is -0.457 e. The first-order valence-electron chi connectivity index (χ1n) is 6.91. The van der Waals surface area contributed by atoms with Crippen LogP contribution in [0.4, 0.5) is 0 Å². The SMILES string of the molecule is Cc1ccc(Cl)cc1Oc1ccc(Cl)cc1CNC(C)C. The fourth-order valence-electron chi connectivity index (χ4n) is 1.90. The molecule has 0 fully saturated rings. The molecule has 0 aliphatic rings. The maximum absolute atomic E-state index is 6.09. The average Bonchev–Trinajstić information content (AvgIpc) is 2.43. The van der Waals surface area contributed by atoms with E-state index >= 15 is 0 Å². The van der Waals surface area contributed by atoms with Crippen molar-refractivity contribution in [3.8, 4) is 11.5 Å². The van der Waals surface area contributed by atoms with Gasteiger partial charge in [-0.05, 0) is 42.8 Å². The molecular formula is C17H19Cl2NO. The van der Waals surface area contributed by atoms with Gasteiger partial charge in [0.25, 0.3) is 0 Å². The number of rotatable bonds is 5. The normalized spacial score (nSPS) is 11.0. The van der Waals surface area contributed by atoms with Crippen LogP contribution in [-0.2, 0) is 6.54 Å². The first kappa shape index (κ1) is 16.2. The van der Waals surface area contributed by atoms with E-state index in [0.717, 1.165) is 22.6 Å². The van der Waals surface area contributed by atoms with E-state index in [1.807, 2.05) is 43.3 Å². The summed E-state index contributed by atoms with van der Waals surface area (Å²) in [5, 5.41) is 4.73. The van der Waals surface area contributed by atoms with Gasteiger partial charge >= 0.3 is 0 Å². The molecule has 112 valence electrons. The van der Waals surface area contributed by atoms with E-state index in [0.29, 0.717) is 22.6 Å². The summed E-state index contributed by atoms with van der Waals surface area (Å²) >= 11 is 12.1. The molecule has 2 aromatic carbocycles. The second-order valence-corrected chi connectivity index (χ2v) is 6.17. The molecule has 0 aliphatic carbocycles. The quantitative estimate of drug-likeness (QED) is 0.774. The number of ether oxygens (including phenoxy) is 1. The van der Waals surface area contributed by atoms with Crippen molar-refractivity contribution in [1.82, 2.24) is 5.32 Å². The maximum Gasteiger partial charge on any atom is 0.132 e. The van der Waals surface area contributed by atoms with Crippen molar-refractivity contribution in [2.45, 2.75) is 33.4 Å². The molecule has 0 aromatic heterocycles. The zero-order valence-corrected chi connectivity index (χ0v) is 13.9. The smallest absolute Gasteiger partial charge is 0.132 e. The Balaban J connectivity index is 2.28. The molecule has 1 N–H and O–H groups in total. The summed E-state index contributed by atoms with van der Waals surface area (Å²) in [6, 6.07) is 11.7. The molecule has 0 unspecified atom stereocenters. The van der Waals surface area contributed by atoms with Gasteiger partial charge in [-0.15, -0.1) is 0 Å². The lowest BCUT2D eigenvalue weighted by molar-refractivity contribution is 0.466. The average molecular weight is 324 g/mol. The van der Waals surface area contributed by atoms with Crippen molar-refractivity contribution in [2.75, 3.05) is 0 Å². The van der Waals surface area contributed by atoms with Gasteiger partial charge in [-0.1, -0.05) is 43.1 Å². The molecule has 0 atom stereocenters. The molecule has 2 rings (SSSR count). The topological polar surface area (TPSA) is 21.3 Å². The molecular weight excluding hydrogens is 305 g/mol. The predicted molar refractivity (Wildman–Crippen MR) is 89.7 cm³/mol. The van der Waals surface area contributed by atoms with E-state index in [1.165, 1.54) is 0 Å². The Labute approximate surface area is 136 Å². The van der Waals surface area contributed by atoms with E-state index in [1.54, 1.807) is 0 Å². The molecule has 0 amide bonds. The van der Waals surface area contributed by atoms with Crippen LogP contribution in [0.2, 0.25) is 10.0 Å². The highest BCUT2D eigenvalue weighted by molar-refractivity contribution is 6.31. The Kier molecular flexibility index (Phi) is 5.51. The molecule has 0 spiro atoms. The van der Waals surface area contributed by atoms with Crippen LogP contribution >= 0.6 is 23.2 Å². The number of halogens is 2. The van der Waals surface area contributed by atoms with Crippen LogP contribution < -0.4 is 10.1 Å². The summed E-state index contributed by atoms with van der Waals surface area (Å²) in [5.41, 5.74) is 2.06. The molecule has 2 aromatic rings. The van der Waals surface area contributed by atoms with Gasteiger partial charge < -0.3 is 10.1 Å². The summed E-state index contributed by atoms with van der Waals surface area (Å²) in [5.74, 6) is 1.55. The molecule has 0 radical (unpaired) electrons. The summed E-state index contributed by atoms with van der Waals surface area (Å²) < 4.78 is 6.03. The summed E-state index contributed by atoms with van der Waals surface area (Å²) in [7, 11) is 0. The van der Waals surface area contributed by atoms with E-state index in [9.17, 15) is 0 Å². The minimum absolute atomic E-state index is 0.393. The van der Waals surface area contributed by atoms with Crippen molar-refractivity contribution in [3.05, 3.63) is 57.6 Å². The number of hydrogen-bond donors (Lipinski definition) is 1. The molecule has 0 aliphatic heterocycles. The first-order chi connectivity index (χ1) is 9.95. The van der Waals surface area contributed by atoms with Crippen LogP contribution in [0.25, 0.3) is 0 Å². The largest absolute Gasteiger partial charge is 0.457 e. The highest BCUT2D eigenvalue weighted by Gasteiger charge is 2.09. The van der Waals surface area contributed by atoms with Gasteiger partial charge in [0.05, 0.1) is 0 Å². The van der Waals surface area contributed by atoms with Gasteiger partial charge in [0.1, 0.15) is 11.5 Å². The van der Waals surface area contributed by atoms with E-state index in [4.69, 9.17) is 27.9 Å². The third kappa shape index (κ3) is 4.63. The van der Waals surface area contributed by atoms with Crippen LogP contribution in [0.1, 0.15) is 25.0 Å². The van der Waals surface area contributed by atoms with Gasteiger partial charge in [0.2, 0.25) is 0 Å². The fourth-order valence-corrected chi connectivity index (χ4v) is 2.26. The van der Waals surface area contributed by atoms with Crippen molar-refractivity contribution < 1.29 is 4.74 Å². The monoisotopic (exact) mass is 323 g/mol. The second-order valence-electron chi connectivity index (χ2n) is 5.30. The number of hydrogen-bond acceptors (Lipinski definition) is 2. The Hall–Kier alpha value is -1.22. The lowest BCUT2D eigenvalue weighted by Crippen LogP contribution is -2.22. The third-order valence-corrected chi connectivity index (χ3v) is 3.56. The number of benzene rings is 2. The van der Waals surface area contributed by atoms with Crippen molar-refractivity contribution in [2.24, 2.45) is 0 Å². The number of nitrogens with one attached hydrogen (secondary N) is 1. The third-order valence-electron chi connectivity index (χ3n) is 3.09. The minimum atomic E-state index is 0.393. The van der Waals surface area contributed by atoms with Gasteiger partial charge in [0.15, 0.2) is 0 Å². The van der Waals surface area contributed by atoms with E-state index in [-0.39, 0.29) is 0 Å². The van der Waals surface area contributed by atoms with Gasteiger partial charge in [-0.3, -0.25) is 0 Å². The van der Waals surface area contributed by atoms with Crippen molar-refractivity contribution >= 4 is 23.2 Å². The van der Waals surface area contributed by atoms with Crippen LogP contribution in [0.15, 0.2) is 36.4 Å². The molecule has 0 saturated heterocycles. The summed E-state index contributed by atoms with van der Waals surface area (Å²) in [6.07, 6.45) is 0. The summed E-state index contributed by atoms with van der Waals surface area (Å²) in [6.45, 7) is 6.90. The van der Waals surface area contributed by atoms with Crippen LogP contribution in [-0.4, -0.2) is 6.04 Å². The molecule has 4 heteroatoms. The highest BCUT2D eigenvalue weighted by atomic mass is 35.5. The fraction of sp³-hybridized carbons (Fsp3) is 0.294. The Morgan fingerprint density at radius 2 is 1.67 bits per heavy atom. The van der Waals surface area contributed by atoms with Gasteiger partial charge in [0, 0.05) is 28.2 Å². The number of aryl methyl sites for hydroxylation is 1. The Morgan fingerprint density at radius 1 is 1.00 bits per heavy atom. The van der Waals surface area contributed by atoms with Crippen LogP contribution in [0, 0.1) is 6.92 Å². The van der Waals surface area contributed by atoms with Gasteiger partial charge in [-0.25, -0.2) is 0 Å². The standard InChI is InChI=1S/C17H19Cl2NO/c1-11(2)20-10-13-8-14(18)6-7-16(13)21-17-9-15(19)5-4-12(17)3/h4-9,11,20H,10H2,1-3H3. The predicted octanol–water partition coefficient (Wildman–Crippen LogP) is 5.59. The molecule has 21 heavy (non-hydrogen) atoms. The zero-order chi connectivity index (χ0) is 15.4. The first-order valence-corrected chi connectivity index (χ1v) is 7.67. The van der Waals surface area contributed by atoms with Crippen LogP contribution in [0.3, 0.4) is 0 Å². The molecule has 0 saturated carbocycles. The molecule has 0 bridgehead atoms. The highest BCUT2D eigenvalue weighted by Crippen LogP contribution is 2.31. The van der Waals surface area contributed by atoms with Gasteiger partial charge in [-0.2, -0.15) is 0 Å². The van der Waals surface area contributed by atoms with E-state index < -0.39 is 0 Å². The Bertz CT molecular complexity index is 626. The second kappa shape index (κ2) is 7.17. The summed E-state index contributed by atoms with van der Waals surface area (Å²) in [4.78, 5) is 0. The van der Waals surface area contributed by atoms with Crippen molar-refractivity contribution in [1.29, 1.82) is 0 Å². The van der Waals surface area contributed by atoms with Crippen molar-refractivity contribution in [3.63, 3.8) is 0 Å². The maximum atomic E-state index is 6.09. The zero-order valence-electron chi connectivity index (χ0n) is 12.4. The molecule has 2 nitrogen and oxygen atoms in total. The van der Waals surface area contributed by atoms with Crippen LogP contribution in [0.5, 0.6) is 11.5 Å².